The predicted octanol–water partition coefficient (Wildman–Crippen LogP) is 13.5. The largest absolute Gasteiger partial charge is 0.512 e. The molecule has 3 nitrogen and oxygen atoms in total. The van der Waals surface area contributed by atoms with Gasteiger partial charge in [-0.15, -0.1) is 40.5 Å². The maximum absolute atomic E-state index is 11.7. The summed E-state index contributed by atoms with van der Waals surface area (Å²) in [6.07, 6.45) is 7.94. The number of allylic oxidation sites excluding steroid dienone is 2. The molecular weight excluding hydrogens is 811 g/mol. The van der Waals surface area contributed by atoms with Crippen LogP contribution in [0.1, 0.15) is 111 Å². The minimum atomic E-state index is 0. The van der Waals surface area contributed by atoms with Crippen molar-refractivity contribution in [3.8, 4) is 21.7 Å². The van der Waals surface area contributed by atoms with Crippen molar-refractivity contribution in [2.45, 2.75) is 107 Å². The summed E-state index contributed by atoms with van der Waals surface area (Å²) in [5, 5.41) is 13.5. The Morgan fingerprint density at radius 2 is 1.52 bits per heavy atom. The van der Waals surface area contributed by atoms with E-state index in [0.29, 0.717) is 11.3 Å². The molecule has 0 saturated carbocycles. The molecule has 0 saturated heterocycles. The molecule has 5 aromatic rings. The number of aliphatic hydroxyl groups is 1. The molecule has 0 atom stereocenters. The minimum Gasteiger partial charge on any atom is -0.512 e. The third kappa shape index (κ3) is 10.0. The number of pyridine rings is 1. The smallest absolute Gasteiger partial charge is 0.162 e. The predicted molar refractivity (Wildman–Crippen MR) is 213 cm³/mol. The van der Waals surface area contributed by atoms with Crippen molar-refractivity contribution in [3.05, 3.63) is 101 Å². The monoisotopic (exact) mass is 867 g/mol. The van der Waals surface area contributed by atoms with E-state index in [0.717, 1.165) is 48.7 Å². The zero-order valence-electron chi connectivity index (χ0n) is 31.7. The molecule has 2 aromatic heterocycles. The summed E-state index contributed by atoms with van der Waals surface area (Å²) in [5.41, 5.74) is 7.77. The van der Waals surface area contributed by atoms with Crippen LogP contribution in [0, 0.1) is 30.2 Å². The molecule has 0 spiro atoms. The average molecular weight is 867 g/mol. The summed E-state index contributed by atoms with van der Waals surface area (Å²) < 4.78 is 1.25. The Morgan fingerprint density at radius 3 is 2.10 bits per heavy atom. The molecule has 0 aliphatic heterocycles. The van der Waals surface area contributed by atoms with Gasteiger partial charge in [-0.3, -0.25) is 9.78 Å². The second kappa shape index (κ2) is 18.4. The van der Waals surface area contributed by atoms with Gasteiger partial charge in [0.05, 0.1) is 5.76 Å². The van der Waals surface area contributed by atoms with E-state index in [4.69, 9.17) is 4.98 Å². The number of ketones is 1. The van der Waals surface area contributed by atoms with Gasteiger partial charge >= 0.3 is 0 Å². The quantitative estimate of drug-likeness (QED) is 0.0817. The number of aliphatic hydroxyl groups excluding tert-OH is 1. The molecule has 5 heteroatoms. The fourth-order valence-corrected chi connectivity index (χ4v) is 7.96. The second-order valence-electron chi connectivity index (χ2n) is 14.9. The summed E-state index contributed by atoms with van der Waals surface area (Å²) in [6, 6.07) is 25.8. The number of hydrogen-bond donors (Lipinski definition) is 1. The van der Waals surface area contributed by atoms with Gasteiger partial charge in [0.1, 0.15) is 0 Å². The molecule has 0 fully saturated rings. The Kier molecular flexibility index (Phi) is 15.2. The van der Waals surface area contributed by atoms with Crippen LogP contribution < -0.4 is 0 Å². The number of fused-ring (bicyclic) bond motifs is 2. The molecule has 0 amide bonds. The van der Waals surface area contributed by atoms with E-state index in [2.05, 4.69) is 108 Å². The van der Waals surface area contributed by atoms with Crippen LogP contribution in [0.2, 0.25) is 0 Å². The molecule has 5 rings (SSSR count). The van der Waals surface area contributed by atoms with Crippen LogP contribution in [-0.4, -0.2) is 15.9 Å². The van der Waals surface area contributed by atoms with E-state index in [1.54, 1.807) is 0 Å². The average Bonchev–Trinajstić information content (AvgIpc) is 3.41. The number of hydrogen-bond acceptors (Lipinski definition) is 4. The van der Waals surface area contributed by atoms with Crippen molar-refractivity contribution in [2.24, 2.45) is 17.3 Å². The Labute approximate surface area is 319 Å². The third-order valence-corrected chi connectivity index (χ3v) is 10.9. The van der Waals surface area contributed by atoms with Gasteiger partial charge in [-0.05, 0) is 78.5 Å². The van der Waals surface area contributed by atoms with Gasteiger partial charge < -0.3 is 5.11 Å². The first-order chi connectivity index (χ1) is 23.3. The van der Waals surface area contributed by atoms with Gasteiger partial charge in [-0.2, -0.15) is 0 Å². The first-order valence-corrected chi connectivity index (χ1v) is 19.0. The summed E-state index contributed by atoms with van der Waals surface area (Å²) in [6.45, 7) is 21.7. The van der Waals surface area contributed by atoms with E-state index < -0.39 is 0 Å². The molecule has 0 aliphatic rings. The number of rotatable bonds is 11. The van der Waals surface area contributed by atoms with E-state index in [9.17, 15) is 9.90 Å². The standard InChI is InChI=1S/C32H32NS.C13H24O2.Ir/c1-20(2)28-18-25(17-24-9-7-8-10-27(24)28)29-31-26(15-16-33-29)21(3)30(34-31)23-13-11-22(12-14-23)19-32(4,5)6;1-5-10(6-2)12(14)9-13(15)11(7-3)8-4;/h7-16,18,20H,19H2,1-6H3;9-11,14H,5-8H2,1-4H3;/q-1;;/b;12-9-;. The van der Waals surface area contributed by atoms with Gasteiger partial charge in [-0.1, -0.05) is 116 Å². The van der Waals surface area contributed by atoms with Crippen LogP contribution in [0.3, 0.4) is 0 Å². The maximum atomic E-state index is 11.7. The zero-order chi connectivity index (χ0) is 35.9. The fourth-order valence-electron chi connectivity index (χ4n) is 6.64. The Hall–Kier alpha value is -3.11. The molecular formula is C45H56IrNO2S-. The van der Waals surface area contributed by atoms with Gasteiger partial charge in [0.2, 0.25) is 0 Å². The molecule has 0 unspecified atom stereocenters. The maximum Gasteiger partial charge on any atom is 0.162 e. The molecule has 0 aliphatic carbocycles. The Morgan fingerprint density at radius 1 is 0.900 bits per heavy atom. The summed E-state index contributed by atoms with van der Waals surface area (Å²) >= 11 is 1.85. The summed E-state index contributed by atoms with van der Waals surface area (Å²) in [7, 11) is 0. The number of aryl methyl sites for hydroxylation is 1. The van der Waals surface area contributed by atoms with E-state index in [1.807, 2.05) is 45.2 Å². The van der Waals surface area contributed by atoms with Crippen molar-refractivity contribution in [1.29, 1.82) is 0 Å². The van der Waals surface area contributed by atoms with Gasteiger partial charge in [0, 0.05) is 59.5 Å². The van der Waals surface area contributed by atoms with Crippen molar-refractivity contribution in [3.63, 3.8) is 0 Å². The van der Waals surface area contributed by atoms with Crippen LogP contribution in [0.25, 0.3) is 42.6 Å². The number of carbonyl (C=O) groups is 1. The van der Waals surface area contributed by atoms with Crippen molar-refractivity contribution < 1.29 is 30.0 Å². The van der Waals surface area contributed by atoms with Crippen molar-refractivity contribution in [2.75, 3.05) is 0 Å². The van der Waals surface area contributed by atoms with E-state index >= 15 is 0 Å². The van der Waals surface area contributed by atoms with E-state index in [-0.39, 0.29) is 43.5 Å². The van der Waals surface area contributed by atoms with Crippen LogP contribution in [0.5, 0.6) is 0 Å². The first kappa shape index (κ1) is 41.3. The summed E-state index contributed by atoms with van der Waals surface area (Å²) in [5.74, 6) is 0.982. The number of thiophene rings is 1. The van der Waals surface area contributed by atoms with Gasteiger partial charge in [0.15, 0.2) is 5.78 Å². The number of nitrogens with zero attached hydrogens (tertiary/aromatic N) is 1. The molecule has 1 N–H and O–H groups in total. The Balaban J connectivity index is 0.000000361. The molecule has 50 heavy (non-hydrogen) atoms. The zero-order valence-corrected chi connectivity index (χ0v) is 35.0. The van der Waals surface area contributed by atoms with Crippen molar-refractivity contribution >= 4 is 38.0 Å². The van der Waals surface area contributed by atoms with Crippen LogP contribution in [-0.2, 0) is 31.3 Å². The summed E-state index contributed by atoms with van der Waals surface area (Å²) in [4.78, 5) is 17.9. The molecule has 1 radical (unpaired) electrons. The molecule has 0 bridgehead atoms. The molecule has 269 valence electrons. The van der Waals surface area contributed by atoms with Crippen LogP contribution in [0.15, 0.2) is 78.7 Å². The third-order valence-electron chi connectivity index (χ3n) is 9.57. The molecule has 3 aromatic carbocycles. The van der Waals surface area contributed by atoms with Crippen LogP contribution in [0.4, 0.5) is 0 Å². The normalized spacial score (nSPS) is 12.1. The first-order valence-electron chi connectivity index (χ1n) is 18.2. The molecule has 2 heterocycles. The fraction of sp³-hybridized carbons (Fsp3) is 0.422. The number of carbonyl (C=O) groups excluding carboxylic acids is 1. The van der Waals surface area contributed by atoms with Crippen molar-refractivity contribution in [1.82, 2.24) is 4.98 Å². The number of aromatic nitrogens is 1. The van der Waals surface area contributed by atoms with Gasteiger partial charge in [-0.25, -0.2) is 0 Å². The van der Waals surface area contributed by atoms with E-state index in [1.165, 1.54) is 48.7 Å². The number of benzene rings is 3. The topological polar surface area (TPSA) is 50.2 Å². The van der Waals surface area contributed by atoms with Gasteiger partial charge in [0.25, 0.3) is 0 Å². The minimum absolute atomic E-state index is 0. The Bertz CT molecular complexity index is 1890. The second-order valence-corrected chi connectivity index (χ2v) is 15.9. The van der Waals surface area contributed by atoms with Crippen LogP contribution >= 0.6 is 11.3 Å². The SMILES string of the molecule is CCC(CC)C(=O)/C=C(\O)C(CC)CC.Cc1c(-c2ccc(CC(C)(C)C)cc2)sc2c(-c3[c-]c4ccccc4c(C(C)C)c3)nccc12.[Ir].